The zero-order valence-electron chi connectivity index (χ0n) is 16.3. The van der Waals surface area contributed by atoms with Crippen molar-refractivity contribution >= 4 is 17.7 Å². The Morgan fingerprint density at radius 2 is 1.76 bits per heavy atom. The summed E-state index contributed by atoms with van der Waals surface area (Å²) in [5.41, 5.74) is 1.46. The van der Waals surface area contributed by atoms with Crippen molar-refractivity contribution < 1.29 is 9.18 Å². The molecule has 1 aromatic heterocycles. The number of benzene rings is 2. The summed E-state index contributed by atoms with van der Waals surface area (Å²) in [5.74, 6) is 0.247. The van der Waals surface area contributed by atoms with E-state index in [1.54, 1.807) is 18.2 Å². The number of likely N-dealkylation sites (tertiary alicyclic amines) is 1. The lowest BCUT2D eigenvalue weighted by molar-refractivity contribution is -0.129. The lowest BCUT2D eigenvalue weighted by Gasteiger charge is -2.20. The number of carbonyl (C=O) groups excluding carboxylic acids is 1. The van der Waals surface area contributed by atoms with Gasteiger partial charge in [0.05, 0.1) is 17.4 Å². The molecule has 0 N–H and O–H groups in total. The number of halogens is 1. The Morgan fingerprint density at radius 3 is 2.48 bits per heavy atom. The molecule has 0 radical (unpaired) electrons. The molecule has 0 saturated carbocycles. The van der Waals surface area contributed by atoms with Gasteiger partial charge in [0.1, 0.15) is 5.82 Å². The first-order valence-electron chi connectivity index (χ1n) is 9.81. The lowest BCUT2D eigenvalue weighted by Crippen LogP contribution is -2.34. The summed E-state index contributed by atoms with van der Waals surface area (Å²) in [7, 11) is 0. The molecule has 0 spiro atoms. The highest BCUT2D eigenvalue weighted by Crippen LogP contribution is 2.30. The second-order valence-electron chi connectivity index (χ2n) is 7.15. The van der Waals surface area contributed by atoms with Crippen molar-refractivity contribution in [1.29, 1.82) is 0 Å². The molecule has 0 unspecified atom stereocenters. The third-order valence-corrected chi connectivity index (χ3v) is 6.13. The van der Waals surface area contributed by atoms with Gasteiger partial charge in [-0.1, -0.05) is 54.2 Å². The summed E-state index contributed by atoms with van der Waals surface area (Å²) in [6.07, 6.45) is 2.12. The highest BCUT2D eigenvalue weighted by Gasteiger charge is 2.26. The van der Waals surface area contributed by atoms with Crippen LogP contribution >= 0.6 is 11.8 Å². The van der Waals surface area contributed by atoms with E-state index in [1.807, 2.05) is 46.7 Å². The minimum Gasteiger partial charge on any atom is -0.342 e. The van der Waals surface area contributed by atoms with Crippen LogP contribution in [-0.2, 0) is 11.3 Å². The fourth-order valence-electron chi connectivity index (χ4n) is 3.53. The van der Waals surface area contributed by atoms with Gasteiger partial charge in [-0.2, -0.15) is 0 Å². The number of nitrogens with zero attached hydrogens (tertiary/aromatic N) is 4. The van der Waals surface area contributed by atoms with Gasteiger partial charge in [-0.05, 0) is 37.5 Å². The standard InChI is InChI=1S/C22H23FN4OS/c1-16(21(28)26-13-7-8-14-26)29-22-25-24-20(18-11-5-6-12-19(18)23)27(22)15-17-9-3-2-4-10-17/h2-6,9-12,16H,7-8,13-15H2,1H3/t16-/m1/s1. The number of carbonyl (C=O) groups is 1. The van der Waals surface area contributed by atoms with Crippen molar-refractivity contribution in [2.75, 3.05) is 13.1 Å². The molecule has 1 atom stereocenters. The Kier molecular flexibility index (Phi) is 5.94. The van der Waals surface area contributed by atoms with Crippen LogP contribution in [0.3, 0.4) is 0 Å². The van der Waals surface area contributed by atoms with Crippen molar-refractivity contribution in [3.05, 3.63) is 66.0 Å². The molecule has 2 heterocycles. The Hall–Kier alpha value is -2.67. The molecule has 150 valence electrons. The molecule has 29 heavy (non-hydrogen) atoms. The second kappa shape index (κ2) is 8.78. The zero-order chi connectivity index (χ0) is 20.2. The van der Waals surface area contributed by atoms with Crippen LogP contribution in [0.15, 0.2) is 59.8 Å². The Bertz CT molecular complexity index is 985. The van der Waals surface area contributed by atoms with Gasteiger partial charge in [0.2, 0.25) is 5.91 Å². The van der Waals surface area contributed by atoms with Crippen molar-refractivity contribution in [1.82, 2.24) is 19.7 Å². The molecule has 1 fully saturated rings. The first kappa shape index (κ1) is 19.6. The van der Waals surface area contributed by atoms with Gasteiger partial charge >= 0.3 is 0 Å². The highest BCUT2D eigenvalue weighted by molar-refractivity contribution is 8.00. The van der Waals surface area contributed by atoms with E-state index in [1.165, 1.54) is 17.8 Å². The topological polar surface area (TPSA) is 51.0 Å². The van der Waals surface area contributed by atoms with Gasteiger partial charge in [0, 0.05) is 13.1 Å². The van der Waals surface area contributed by atoms with Crippen molar-refractivity contribution in [2.24, 2.45) is 0 Å². The number of rotatable bonds is 6. The molecule has 7 heteroatoms. The third-order valence-electron chi connectivity index (χ3n) is 5.06. The predicted octanol–water partition coefficient (Wildman–Crippen LogP) is 4.24. The Morgan fingerprint density at radius 1 is 1.07 bits per heavy atom. The summed E-state index contributed by atoms with van der Waals surface area (Å²) in [5, 5.41) is 8.94. The first-order valence-corrected chi connectivity index (χ1v) is 10.7. The van der Waals surface area contributed by atoms with Gasteiger partial charge in [-0.25, -0.2) is 4.39 Å². The molecular weight excluding hydrogens is 387 g/mol. The minimum atomic E-state index is -0.341. The van der Waals surface area contributed by atoms with Crippen LogP contribution in [0.2, 0.25) is 0 Å². The molecular formula is C22H23FN4OS. The van der Waals surface area contributed by atoms with Gasteiger partial charge < -0.3 is 4.90 Å². The summed E-state index contributed by atoms with van der Waals surface area (Å²) in [4.78, 5) is 14.6. The van der Waals surface area contributed by atoms with Crippen LogP contribution < -0.4 is 0 Å². The maximum atomic E-state index is 14.4. The minimum absolute atomic E-state index is 0.120. The Labute approximate surface area is 173 Å². The number of amides is 1. The molecule has 5 nitrogen and oxygen atoms in total. The van der Waals surface area contributed by atoms with E-state index in [-0.39, 0.29) is 17.0 Å². The van der Waals surface area contributed by atoms with E-state index in [2.05, 4.69) is 10.2 Å². The van der Waals surface area contributed by atoms with Crippen molar-refractivity contribution in [2.45, 2.75) is 36.7 Å². The average Bonchev–Trinajstić information content (AvgIpc) is 3.40. The predicted molar refractivity (Wildman–Crippen MR) is 112 cm³/mol. The summed E-state index contributed by atoms with van der Waals surface area (Å²) in [6.45, 7) is 4.04. The Balaban J connectivity index is 1.66. The van der Waals surface area contributed by atoms with Crippen LogP contribution in [0.4, 0.5) is 4.39 Å². The number of aromatic nitrogens is 3. The molecule has 3 aromatic rings. The lowest BCUT2D eigenvalue weighted by atomic mass is 10.2. The largest absolute Gasteiger partial charge is 0.342 e. The fraction of sp³-hybridized carbons (Fsp3) is 0.318. The quantitative estimate of drug-likeness (QED) is 0.571. The number of hydrogen-bond donors (Lipinski definition) is 0. The second-order valence-corrected chi connectivity index (χ2v) is 8.46. The van der Waals surface area contributed by atoms with Gasteiger partial charge in [0.15, 0.2) is 11.0 Å². The summed E-state index contributed by atoms with van der Waals surface area (Å²) < 4.78 is 16.3. The van der Waals surface area contributed by atoms with E-state index in [9.17, 15) is 9.18 Å². The van der Waals surface area contributed by atoms with Crippen LogP contribution in [-0.4, -0.2) is 43.9 Å². The van der Waals surface area contributed by atoms with Crippen LogP contribution in [0.1, 0.15) is 25.3 Å². The molecule has 1 saturated heterocycles. The smallest absolute Gasteiger partial charge is 0.235 e. The third kappa shape index (κ3) is 4.34. The monoisotopic (exact) mass is 410 g/mol. The van der Waals surface area contributed by atoms with Gasteiger partial charge in [0.25, 0.3) is 0 Å². The molecule has 1 amide bonds. The van der Waals surface area contributed by atoms with E-state index in [0.29, 0.717) is 23.1 Å². The van der Waals surface area contributed by atoms with Crippen molar-refractivity contribution in [3.8, 4) is 11.4 Å². The molecule has 0 aliphatic carbocycles. The normalized spacial score (nSPS) is 14.9. The number of hydrogen-bond acceptors (Lipinski definition) is 4. The van der Waals surface area contributed by atoms with E-state index in [4.69, 9.17) is 0 Å². The molecule has 1 aliphatic rings. The van der Waals surface area contributed by atoms with Crippen LogP contribution in [0.25, 0.3) is 11.4 Å². The van der Waals surface area contributed by atoms with Gasteiger partial charge in [-0.3, -0.25) is 9.36 Å². The summed E-state index contributed by atoms with van der Waals surface area (Å²) in [6, 6.07) is 16.5. The first-order chi connectivity index (χ1) is 14.1. The van der Waals surface area contributed by atoms with Crippen LogP contribution in [0, 0.1) is 5.82 Å². The van der Waals surface area contributed by atoms with E-state index < -0.39 is 0 Å². The van der Waals surface area contributed by atoms with E-state index >= 15 is 0 Å². The number of thioether (sulfide) groups is 1. The average molecular weight is 411 g/mol. The van der Waals surface area contributed by atoms with Gasteiger partial charge in [-0.15, -0.1) is 10.2 Å². The van der Waals surface area contributed by atoms with Crippen molar-refractivity contribution in [3.63, 3.8) is 0 Å². The maximum Gasteiger partial charge on any atom is 0.235 e. The molecule has 2 aromatic carbocycles. The fourth-order valence-corrected chi connectivity index (χ4v) is 4.46. The molecule has 1 aliphatic heterocycles. The molecule has 4 rings (SSSR count). The highest BCUT2D eigenvalue weighted by atomic mass is 32.2. The molecule has 0 bridgehead atoms. The SMILES string of the molecule is C[C@@H](Sc1nnc(-c2ccccc2F)n1Cc1ccccc1)C(=O)N1CCCC1. The van der Waals surface area contributed by atoms with Crippen LogP contribution in [0.5, 0.6) is 0 Å². The maximum absolute atomic E-state index is 14.4. The summed E-state index contributed by atoms with van der Waals surface area (Å²) >= 11 is 1.38. The zero-order valence-corrected chi connectivity index (χ0v) is 17.1. The van der Waals surface area contributed by atoms with E-state index in [0.717, 1.165) is 31.5 Å².